The zero-order valence-corrected chi connectivity index (χ0v) is 12.4. The summed E-state index contributed by atoms with van der Waals surface area (Å²) in [4.78, 5) is 11.8. The summed E-state index contributed by atoms with van der Waals surface area (Å²) in [5.74, 6) is -2.65. The SMILES string of the molecule is O=C(N/N=C/c1c(Cl)cccc1Cl)c1cc(O)c(O)c(O)c1. The lowest BCUT2D eigenvalue weighted by molar-refractivity contribution is 0.0954. The Bertz CT molecular complexity index is 719. The van der Waals surface area contributed by atoms with Crippen LogP contribution in [0.2, 0.25) is 10.0 Å². The Balaban J connectivity index is 2.15. The van der Waals surface area contributed by atoms with Crippen molar-refractivity contribution in [3.63, 3.8) is 0 Å². The maximum absolute atomic E-state index is 11.8. The first-order chi connectivity index (χ1) is 10.4. The molecule has 0 aliphatic heterocycles. The van der Waals surface area contributed by atoms with E-state index in [0.29, 0.717) is 15.6 Å². The van der Waals surface area contributed by atoms with E-state index in [1.54, 1.807) is 18.2 Å². The Hall–Kier alpha value is -2.44. The Labute approximate surface area is 135 Å². The molecule has 114 valence electrons. The third-order valence-corrected chi connectivity index (χ3v) is 3.35. The number of hydrogen-bond acceptors (Lipinski definition) is 5. The highest BCUT2D eigenvalue weighted by molar-refractivity contribution is 6.38. The van der Waals surface area contributed by atoms with E-state index in [0.717, 1.165) is 12.1 Å². The number of amides is 1. The average Bonchev–Trinajstić information content (AvgIpc) is 2.47. The molecule has 0 aliphatic rings. The van der Waals surface area contributed by atoms with Gasteiger partial charge >= 0.3 is 0 Å². The summed E-state index contributed by atoms with van der Waals surface area (Å²) in [5.41, 5.74) is 2.53. The van der Waals surface area contributed by atoms with Crippen molar-refractivity contribution in [2.75, 3.05) is 0 Å². The number of nitrogens with zero attached hydrogens (tertiary/aromatic N) is 1. The van der Waals surface area contributed by atoms with Gasteiger partial charge in [0.1, 0.15) is 0 Å². The van der Waals surface area contributed by atoms with Gasteiger partial charge in [0, 0.05) is 11.1 Å². The van der Waals surface area contributed by atoms with Crippen LogP contribution in [-0.2, 0) is 0 Å². The Morgan fingerprint density at radius 2 is 1.64 bits per heavy atom. The molecule has 1 amide bonds. The molecule has 0 heterocycles. The molecule has 2 aromatic rings. The number of benzene rings is 2. The second-order valence-corrected chi connectivity index (χ2v) is 5.01. The second kappa shape index (κ2) is 6.55. The summed E-state index contributed by atoms with van der Waals surface area (Å²) in [5, 5.41) is 32.3. The van der Waals surface area contributed by atoms with Gasteiger partial charge in [0.2, 0.25) is 0 Å². The molecular formula is C14H10Cl2N2O4. The monoisotopic (exact) mass is 340 g/mol. The normalized spacial score (nSPS) is 10.8. The maximum atomic E-state index is 11.8. The molecule has 4 N–H and O–H groups in total. The van der Waals surface area contributed by atoms with Crippen LogP contribution < -0.4 is 5.43 Å². The second-order valence-electron chi connectivity index (χ2n) is 4.20. The van der Waals surface area contributed by atoms with Crippen LogP contribution in [0, 0.1) is 0 Å². The van der Waals surface area contributed by atoms with Crippen LogP contribution in [0.25, 0.3) is 0 Å². The van der Waals surface area contributed by atoms with E-state index in [2.05, 4.69) is 10.5 Å². The standard InChI is InChI=1S/C14H10Cl2N2O4/c15-9-2-1-3-10(16)8(9)6-17-18-14(22)7-4-11(19)13(21)12(20)5-7/h1-6,19-21H,(H,18,22)/b17-6+. The van der Waals surface area contributed by atoms with Gasteiger partial charge in [-0.3, -0.25) is 4.79 Å². The van der Waals surface area contributed by atoms with Crippen LogP contribution in [0.15, 0.2) is 35.4 Å². The number of nitrogens with one attached hydrogen (secondary N) is 1. The molecule has 0 aromatic heterocycles. The van der Waals surface area contributed by atoms with Gasteiger partial charge in [0.15, 0.2) is 17.2 Å². The van der Waals surface area contributed by atoms with Crippen molar-refractivity contribution in [2.45, 2.75) is 0 Å². The minimum Gasteiger partial charge on any atom is -0.504 e. The molecule has 0 unspecified atom stereocenters. The van der Waals surface area contributed by atoms with E-state index in [4.69, 9.17) is 23.2 Å². The molecule has 0 saturated heterocycles. The van der Waals surface area contributed by atoms with Gasteiger partial charge in [-0.15, -0.1) is 0 Å². The molecule has 2 rings (SSSR count). The lowest BCUT2D eigenvalue weighted by atomic mass is 10.2. The first kappa shape index (κ1) is 15.9. The smallest absolute Gasteiger partial charge is 0.271 e. The molecule has 6 nitrogen and oxygen atoms in total. The first-order valence-corrected chi connectivity index (χ1v) is 6.68. The van der Waals surface area contributed by atoms with Gasteiger partial charge < -0.3 is 15.3 Å². The molecule has 8 heteroatoms. The van der Waals surface area contributed by atoms with Gasteiger partial charge in [-0.1, -0.05) is 29.3 Å². The zero-order chi connectivity index (χ0) is 16.3. The van der Waals surface area contributed by atoms with E-state index < -0.39 is 23.2 Å². The number of phenols is 3. The van der Waals surface area contributed by atoms with Gasteiger partial charge in [0.05, 0.1) is 16.3 Å². The van der Waals surface area contributed by atoms with Crippen molar-refractivity contribution >= 4 is 35.3 Å². The van der Waals surface area contributed by atoms with Crippen molar-refractivity contribution in [1.29, 1.82) is 0 Å². The average molecular weight is 341 g/mol. The minimum absolute atomic E-state index is 0.0878. The van der Waals surface area contributed by atoms with E-state index in [1.165, 1.54) is 6.21 Å². The van der Waals surface area contributed by atoms with E-state index in [9.17, 15) is 20.1 Å². The minimum atomic E-state index is -0.706. The number of hydrogen-bond donors (Lipinski definition) is 4. The molecule has 0 saturated carbocycles. The van der Waals surface area contributed by atoms with Crippen molar-refractivity contribution in [2.24, 2.45) is 5.10 Å². The van der Waals surface area contributed by atoms with Crippen molar-refractivity contribution in [3.05, 3.63) is 51.5 Å². The topological polar surface area (TPSA) is 102 Å². The number of carbonyl (C=O) groups excluding carboxylic acids is 1. The summed E-state index contributed by atoms with van der Waals surface area (Å²) < 4.78 is 0. The summed E-state index contributed by atoms with van der Waals surface area (Å²) in [7, 11) is 0. The third-order valence-electron chi connectivity index (χ3n) is 2.69. The van der Waals surface area contributed by atoms with Gasteiger partial charge in [-0.25, -0.2) is 5.43 Å². The van der Waals surface area contributed by atoms with Crippen LogP contribution in [0.4, 0.5) is 0 Å². The largest absolute Gasteiger partial charge is 0.504 e. The summed E-state index contributed by atoms with van der Waals surface area (Å²) >= 11 is 11.9. The molecule has 0 aliphatic carbocycles. The Morgan fingerprint density at radius 1 is 1.09 bits per heavy atom. The Kier molecular flexibility index (Phi) is 4.75. The molecule has 0 bridgehead atoms. The molecule has 0 radical (unpaired) electrons. The van der Waals surface area contributed by atoms with Crippen LogP contribution in [-0.4, -0.2) is 27.4 Å². The van der Waals surface area contributed by atoms with Gasteiger partial charge in [-0.05, 0) is 24.3 Å². The van der Waals surface area contributed by atoms with Crippen LogP contribution in [0.3, 0.4) is 0 Å². The highest BCUT2D eigenvalue weighted by Gasteiger charge is 2.13. The summed E-state index contributed by atoms with van der Waals surface area (Å²) in [6, 6.07) is 6.88. The van der Waals surface area contributed by atoms with Crippen molar-refractivity contribution in [1.82, 2.24) is 5.43 Å². The summed E-state index contributed by atoms with van der Waals surface area (Å²) in [6.45, 7) is 0. The molecule has 0 fully saturated rings. The first-order valence-electron chi connectivity index (χ1n) is 5.92. The quantitative estimate of drug-likeness (QED) is 0.392. The van der Waals surface area contributed by atoms with Crippen molar-refractivity contribution in [3.8, 4) is 17.2 Å². The van der Waals surface area contributed by atoms with Crippen LogP contribution in [0.1, 0.15) is 15.9 Å². The van der Waals surface area contributed by atoms with Crippen LogP contribution >= 0.6 is 23.2 Å². The third kappa shape index (κ3) is 3.41. The molecule has 0 atom stereocenters. The fourth-order valence-electron chi connectivity index (χ4n) is 1.59. The van der Waals surface area contributed by atoms with Crippen molar-refractivity contribution < 1.29 is 20.1 Å². The number of aromatic hydroxyl groups is 3. The lowest BCUT2D eigenvalue weighted by Crippen LogP contribution is -2.17. The predicted octanol–water partition coefficient (Wildman–Crippen LogP) is 2.87. The Morgan fingerprint density at radius 3 is 2.18 bits per heavy atom. The molecule has 0 spiro atoms. The number of phenolic OH excluding ortho intramolecular Hbond substituents is 3. The van der Waals surface area contributed by atoms with Gasteiger partial charge in [-0.2, -0.15) is 5.10 Å². The highest BCUT2D eigenvalue weighted by atomic mass is 35.5. The molecule has 22 heavy (non-hydrogen) atoms. The fourth-order valence-corrected chi connectivity index (χ4v) is 2.08. The highest BCUT2D eigenvalue weighted by Crippen LogP contribution is 2.35. The maximum Gasteiger partial charge on any atom is 0.271 e. The number of carbonyl (C=O) groups is 1. The van der Waals surface area contributed by atoms with E-state index in [1.807, 2.05) is 0 Å². The summed E-state index contributed by atoms with van der Waals surface area (Å²) in [6.07, 6.45) is 1.27. The fraction of sp³-hybridized carbons (Fsp3) is 0. The number of rotatable bonds is 3. The zero-order valence-electron chi connectivity index (χ0n) is 10.9. The molecule has 2 aromatic carbocycles. The lowest BCUT2D eigenvalue weighted by Gasteiger charge is -2.05. The number of hydrazone groups is 1. The van der Waals surface area contributed by atoms with Crippen LogP contribution in [0.5, 0.6) is 17.2 Å². The van der Waals surface area contributed by atoms with E-state index >= 15 is 0 Å². The van der Waals surface area contributed by atoms with E-state index in [-0.39, 0.29) is 5.56 Å². The van der Waals surface area contributed by atoms with Gasteiger partial charge in [0.25, 0.3) is 5.91 Å². The number of halogens is 2. The molecular weight excluding hydrogens is 331 g/mol. The predicted molar refractivity (Wildman–Crippen MR) is 83.0 cm³/mol.